The van der Waals surface area contributed by atoms with E-state index in [0.717, 1.165) is 11.0 Å². The lowest BCUT2D eigenvalue weighted by Gasteiger charge is -2.29. The van der Waals surface area contributed by atoms with Gasteiger partial charge >= 0.3 is 5.97 Å². The Kier molecular flexibility index (Phi) is 4.31. The van der Waals surface area contributed by atoms with Crippen LogP contribution in [0.1, 0.15) is 25.5 Å². The second-order valence-corrected chi connectivity index (χ2v) is 6.40. The fourth-order valence-electron chi connectivity index (χ4n) is 3.62. The number of carbonyl (C=O) groups excluding carboxylic acids is 1. The molecule has 0 radical (unpaired) electrons. The van der Waals surface area contributed by atoms with Gasteiger partial charge in [-0.2, -0.15) is 0 Å². The third kappa shape index (κ3) is 2.70. The van der Waals surface area contributed by atoms with Crippen molar-refractivity contribution < 1.29 is 14.5 Å². The highest BCUT2D eigenvalue weighted by molar-refractivity contribution is 5.94. The lowest BCUT2D eigenvalue weighted by Crippen LogP contribution is -2.29. The summed E-state index contributed by atoms with van der Waals surface area (Å²) in [6.07, 6.45) is 0. The predicted octanol–water partition coefficient (Wildman–Crippen LogP) is 3.80. The summed E-state index contributed by atoms with van der Waals surface area (Å²) in [6.45, 7) is 3.68. The van der Waals surface area contributed by atoms with Gasteiger partial charge in [-0.05, 0) is 32.0 Å². The third-order valence-corrected chi connectivity index (χ3v) is 4.75. The Morgan fingerprint density at radius 3 is 2.71 bits per heavy atom. The van der Waals surface area contributed by atoms with Crippen LogP contribution in [0.3, 0.4) is 0 Å². The number of anilines is 1. The van der Waals surface area contributed by atoms with Crippen molar-refractivity contribution in [2.45, 2.75) is 19.9 Å². The highest BCUT2D eigenvalue weighted by Gasteiger charge is 2.38. The number of benzene rings is 2. The summed E-state index contributed by atoms with van der Waals surface area (Å²) < 4.78 is 7.08. The van der Waals surface area contributed by atoms with Gasteiger partial charge in [0.1, 0.15) is 6.04 Å². The minimum atomic E-state index is -0.732. The topological polar surface area (TPSA) is 99.3 Å². The molecule has 1 aromatic heterocycles. The fraction of sp³-hybridized carbons (Fsp3) is 0.200. The standard InChI is InChI=1S/C20H18N4O4/c1-3-28-19(25)17-12(2)21-20-22-14-9-5-7-11-16(14)23(20)18(17)13-8-4-6-10-15(13)24(26)27/h4-11,18H,3H2,1-2H3,(H,21,22)/t18-/m0/s1. The number of esters is 1. The van der Waals surface area contributed by atoms with Gasteiger partial charge in [0.15, 0.2) is 0 Å². The van der Waals surface area contributed by atoms with Crippen LogP contribution in [-0.2, 0) is 9.53 Å². The molecule has 0 saturated heterocycles. The van der Waals surface area contributed by atoms with Crippen LogP contribution in [0.2, 0.25) is 0 Å². The number of nitro benzene ring substituents is 1. The molecule has 8 heteroatoms. The summed E-state index contributed by atoms with van der Waals surface area (Å²) in [6, 6.07) is 13.2. The first kappa shape index (κ1) is 17.7. The quantitative estimate of drug-likeness (QED) is 0.421. The number of hydrogen-bond acceptors (Lipinski definition) is 6. The molecule has 4 rings (SSSR count). The molecule has 0 unspecified atom stereocenters. The van der Waals surface area contributed by atoms with Gasteiger partial charge < -0.3 is 10.1 Å². The molecule has 2 aromatic carbocycles. The number of carbonyl (C=O) groups is 1. The Labute approximate surface area is 160 Å². The number of imidazole rings is 1. The van der Waals surface area contributed by atoms with E-state index in [4.69, 9.17) is 4.74 Å². The molecule has 1 N–H and O–H groups in total. The molecule has 0 aliphatic carbocycles. The lowest BCUT2D eigenvalue weighted by atomic mass is 9.93. The number of nitrogens with one attached hydrogen (secondary N) is 1. The van der Waals surface area contributed by atoms with Gasteiger partial charge in [0.05, 0.1) is 33.7 Å². The molecule has 8 nitrogen and oxygen atoms in total. The second-order valence-electron chi connectivity index (χ2n) is 6.40. The highest BCUT2D eigenvalue weighted by atomic mass is 16.6. The minimum absolute atomic E-state index is 0.0623. The largest absolute Gasteiger partial charge is 0.463 e. The van der Waals surface area contributed by atoms with Gasteiger partial charge in [0, 0.05) is 11.8 Å². The summed E-state index contributed by atoms with van der Waals surface area (Å²) in [7, 11) is 0. The molecule has 142 valence electrons. The summed E-state index contributed by atoms with van der Waals surface area (Å²) in [5.74, 6) is 0.00832. The number of ether oxygens (including phenoxy) is 1. The molecule has 0 fully saturated rings. The Morgan fingerprint density at radius 2 is 1.96 bits per heavy atom. The minimum Gasteiger partial charge on any atom is -0.463 e. The van der Waals surface area contributed by atoms with Crippen LogP contribution >= 0.6 is 0 Å². The number of nitro groups is 1. The van der Waals surface area contributed by atoms with E-state index >= 15 is 0 Å². The van der Waals surface area contributed by atoms with Crippen LogP contribution in [0.15, 0.2) is 59.8 Å². The van der Waals surface area contributed by atoms with Gasteiger partial charge in [0.25, 0.3) is 5.69 Å². The van der Waals surface area contributed by atoms with Crippen molar-refractivity contribution in [1.82, 2.24) is 9.55 Å². The number of allylic oxidation sites excluding steroid dienone is 1. The third-order valence-electron chi connectivity index (χ3n) is 4.75. The lowest BCUT2D eigenvalue weighted by molar-refractivity contribution is -0.385. The van der Waals surface area contributed by atoms with Gasteiger partial charge in [-0.25, -0.2) is 9.78 Å². The van der Waals surface area contributed by atoms with Crippen molar-refractivity contribution in [2.24, 2.45) is 0 Å². The van der Waals surface area contributed by atoms with E-state index in [1.54, 1.807) is 32.0 Å². The van der Waals surface area contributed by atoms with E-state index in [1.807, 2.05) is 28.8 Å². The van der Waals surface area contributed by atoms with Crippen molar-refractivity contribution in [3.63, 3.8) is 0 Å². The Balaban J connectivity index is 2.04. The maximum absolute atomic E-state index is 12.8. The van der Waals surface area contributed by atoms with Crippen molar-refractivity contribution in [2.75, 3.05) is 11.9 Å². The first-order valence-electron chi connectivity index (χ1n) is 8.88. The molecule has 1 atom stereocenters. The van der Waals surface area contributed by atoms with E-state index in [9.17, 15) is 14.9 Å². The Hall–Kier alpha value is -3.68. The van der Waals surface area contributed by atoms with E-state index in [-0.39, 0.29) is 12.3 Å². The molecular formula is C20H18N4O4. The predicted molar refractivity (Wildman–Crippen MR) is 104 cm³/mol. The highest BCUT2D eigenvalue weighted by Crippen LogP contribution is 2.42. The maximum Gasteiger partial charge on any atom is 0.338 e. The van der Waals surface area contributed by atoms with Crippen LogP contribution in [0.5, 0.6) is 0 Å². The summed E-state index contributed by atoms with van der Waals surface area (Å²) in [4.78, 5) is 28.7. The van der Waals surface area contributed by atoms with Crippen LogP contribution < -0.4 is 5.32 Å². The SMILES string of the molecule is CCOC(=O)C1=C(C)Nc2nc3ccccc3n2[C@H]1c1ccccc1[N+](=O)[O-]. The maximum atomic E-state index is 12.8. The van der Waals surface area contributed by atoms with Gasteiger partial charge in [-0.3, -0.25) is 14.7 Å². The first-order valence-corrected chi connectivity index (χ1v) is 8.88. The fourth-order valence-corrected chi connectivity index (χ4v) is 3.62. The van der Waals surface area contributed by atoms with Crippen LogP contribution in [-0.4, -0.2) is 27.1 Å². The zero-order valence-corrected chi connectivity index (χ0v) is 15.4. The van der Waals surface area contributed by atoms with Crippen molar-refractivity contribution in [3.05, 3.63) is 75.5 Å². The molecule has 1 aliphatic rings. The summed E-state index contributed by atoms with van der Waals surface area (Å²) >= 11 is 0. The average Bonchev–Trinajstić information content (AvgIpc) is 3.04. The number of hydrogen-bond donors (Lipinski definition) is 1. The Bertz CT molecular complexity index is 1130. The first-order chi connectivity index (χ1) is 13.5. The normalized spacial score (nSPS) is 15.9. The molecule has 0 saturated carbocycles. The van der Waals surface area contributed by atoms with Crippen molar-refractivity contribution in [3.8, 4) is 0 Å². The molecule has 0 spiro atoms. The number of para-hydroxylation sites is 3. The van der Waals surface area contributed by atoms with Gasteiger partial charge in [-0.1, -0.05) is 24.3 Å². The number of aromatic nitrogens is 2. The Morgan fingerprint density at radius 1 is 1.25 bits per heavy atom. The molecular weight excluding hydrogens is 360 g/mol. The average molecular weight is 378 g/mol. The van der Waals surface area contributed by atoms with Gasteiger partial charge in [-0.15, -0.1) is 0 Å². The van der Waals surface area contributed by atoms with E-state index in [0.29, 0.717) is 22.8 Å². The van der Waals surface area contributed by atoms with Gasteiger partial charge in [0.2, 0.25) is 5.95 Å². The molecule has 0 amide bonds. The van der Waals surface area contributed by atoms with Crippen molar-refractivity contribution >= 4 is 28.6 Å². The summed E-state index contributed by atoms with van der Waals surface area (Å²) in [5, 5.41) is 14.8. The molecule has 0 bridgehead atoms. The van der Waals surface area contributed by atoms with E-state index in [2.05, 4.69) is 10.3 Å². The van der Waals surface area contributed by atoms with Crippen LogP contribution in [0, 0.1) is 10.1 Å². The number of rotatable bonds is 4. The monoisotopic (exact) mass is 378 g/mol. The zero-order chi connectivity index (χ0) is 19.8. The second kappa shape index (κ2) is 6.80. The summed E-state index contributed by atoms with van der Waals surface area (Å²) in [5.41, 5.74) is 2.72. The smallest absolute Gasteiger partial charge is 0.338 e. The molecule has 28 heavy (non-hydrogen) atoms. The number of nitrogens with zero attached hydrogens (tertiary/aromatic N) is 3. The van der Waals surface area contributed by atoms with E-state index < -0.39 is 16.9 Å². The van der Waals surface area contributed by atoms with E-state index in [1.165, 1.54) is 6.07 Å². The molecule has 3 aromatic rings. The molecule has 2 heterocycles. The molecule has 1 aliphatic heterocycles. The van der Waals surface area contributed by atoms with Crippen molar-refractivity contribution in [1.29, 1.82) is 0 Å². The van der Waals surface area contributed by atoms with Crippen LogP contribution in [0.4, 0.5) is 11.6 Å². The van der Waals surface area contributed by atoms with Crippen LogP contribution in [0.25, 0.3) is 11.0 Å². The number of fused-ring (bicyclic) bond motifs is 3. The zero-order valence-electron chi connectivity index (χ0n) is 15.4.